The van der Waals surface area contributed by atoms with Crippen LogP contribution in [0.1, 0.15) is 6.42 Å². The second-order valence-electron chi connectivity index (χ2n) is 6.86. The SMILES string of the molecule is COc1cc(OC)cc(-c2cc3ccc(N4CCCNCC4)cc3oc2=O)c1. The van der Waals surface area contributed by atoms with Crippen LogP contribution in [-0.2, 0) is 0 Å². The van der Waals surface area contributed by atoms with Crippen molar-refractivity contribution in [3.05, 3.63) is 52.9 Å². The van der Waals surface area contributed by atoms with Crippen LogP contribution in [0, 0.1) is 0 Å². The fourth-order valence-electron chi connectivity index (χ4n) is 3.56. The molecule has 1 aliphatic rings. The van der Waals surface area contributed by atoms with E-state index in [0.29, 0.717) is 28.2 Å². The molecule has 0 bridgehead atoms. The Bertz CT molecular complexity index is 1010. The summed E-state index contributed by atoms with van der Waals surface area (Å²) in [6, 6.07) is 13.3. The molecule has 1 aliphatic heterocycles. The van der Waals surface area contributed by atoms with Crippen molar-refractivity contribution in [3.8, 4) is 22.6 Å². The molecule has 146 valence electrons. The van der Waals surface area contributed by atoms with Crippen molar-refractivity contribution in [1.29, 1.82) is 0 Å². The van der Waals surface area contributed by atoms with Gasteiger partial charge in [0.05, 0.1) is 19.8 Å². The fourth-order valence-corrected chi connectivity index (χ4v) is 3.56. The molecule has 2 aromatic carbocycles. The monoisotopic (exact) mass is 380 g/mol. The number of hydrogen-bond acceptors (Lipinski definition) is 6. The molecule has 0 aliphatic carbocycles. The summed E-state index contributed by atoms with van der Waals surface area (Å²) >= 11 is 0. The van der Waals surface area contributed by atoms with E-state index in [4.69, 9.17) is 13.9 Å². The molecule has 6 heteroatoms. The molecule has 6 nitrogen and oxygen atoms in total. The summed E-state index contributed by atoms with van der Waals surface area (Å²) < 4.78 is 16.3. The Kier molecular flexibility index (Phi) is 5.21. The lowest BCUT2D eigenvalue weighted by molar-refractivity contribution is 0.394. The highest BCUT2D eigenvalue weighted by molar-refractivity contribution is 5.85. The van der Waals surface area contributed by atoms with E-state index in [-0.39, 0.29) is 5.63 Å². The summed E-state index contributed by atoms with van der Waals surface area (Å²) in [7, 11) is 3.17. The Balaban J connectivity index is 1.75. The van der Waals surface area contributed by atoms with Gasteiger partial charge < -0.3 is 24.1 Å². The summed E-state index contributed by atoms with van der Waals surface area (Å²) in [5, 5.41) is 4.28. The molecule has 0 saturated carbocycles. The summed E-state index contributed by atoms with van der Waals surface area (Å²) in [4.78, 5) is 15.0. The van der Waals surface area contributed by atoms with Crippen LogP contribution in [0.25, 0.3) is 22.1 Å². The largest absolute Gasteiger partial charge is 0.497 e. The molecule has 4 rings (SSSR count). The minimum Gasteiger partial charge on any atom is -0.497 e. The van der Waals surface area contributed by atoms with Gasteiger partial charge >= 0.3 is 5.63 Å². The van der Waals surface area contributed by atoms with Gasteiger partial charge in [-0.25, -0.2) is 4.79 Å². The van der Waals surface area contributed by atoms with E-state index in [1.54, 1.807) is 32.4 Å². The van der Waals surface area contributed by atoms with Crippen LogP contribution in [0.15, 0.2) is 51.7 Å². The van der Waals surface area contributed by atoms with Crippen molar-refractivity contribution >= 4 is 16.7 Å². The molecule has 1 N–H and O–H groups in total. The highest BCUT2D eigenvalue weighted by atomic mass is 16.5. The highest BCUT2D eigenvalue weighted by Gasteiger charge is 2.14. The van der Waals surface area contributed by atoms with Crippen LogP contribution in [0.2, 0.25) is 0 Å². The Morgan fingerprint density at radius 3 is 2.50 bits per heavy atom. The lowest BCUT2D eigenvalue weighted by atomic mass is 10.0. The first-order chi connectivity index (χ1) is 13.7. The molecular weight excluding hydrogens is 356 g/mol. The average Bonchev–Trinajstić information content (AvgIpc) is 3.02. The maximum Gasteiger partial charge on any atom is 0.344 e. The zero-order valence-corrected chi connectivity index (χ0v) is 16.2. The van der Waals surface area contributed by atoms with E-state index in [9.17, 15) is 4.79 Å². The third kappa shape index (κ3) is 3.68. The zero-order valence-electron chi connectivity index (χ0n) is 16.2. The Hall–Kier alpha value is -2.99. The van der Waals surface area contributed by atoms with Crippen molar-refractivity contribution in [2.45, 2.75) is 6.42 Å². The van der Waals surface area contributed by atoms with Crippen LogP contribution >= 0.6 is 0 Å². The van der Waals surface area contributed by atoms with Gasteiger partial charge in [0.2, 0.25) is 0 Å². The standard InChI is InChI=1S/C22H24N2O4/c1-26-18-10-16(11-19(14-18)27-2)20-12-15-4-5-17(13-21(15)28-22(20)25)24-8-3-6-23-7-9-24/h4-5,10-14,23H,3,6-9H2,1-2H3. The van der Waals surface area contributed by atoms with Crippen LogP contribution in [0.5, 0.6) is 11.5 Å². The molecule has 0 radical (unpaired) electrons. The molecule has 0 spiro atoms. The number of benzene rings is 2. The van der Waals surface area contributed by atoms with Crippen LogP contribution in [0.3, 0.4) is 0 Å². The molecule has 1 saturated heterocycles. The minimum absolute atomic E-state index is 0.377. The first-order valence-electron chi connectivity index (χ1n) is 9.45. The van der Waals surface area contributed by atoms with Gasteiger partial charge in [0.25, 0.3) is 0 Å². The third-order valence-corrected chi connectivity index (χ3v) is 5.09. The second kappa shape index (κ2) is 7.94. The molecule has 0 unspecified atom stereocenters. The number of nitrogens with one attached hydrogen (secondary N) is 1. The van der Waals surface area contributed by atoms with Gasteiger partial charge in [0.15, 0.2) is 0 Å². The minimum atomic E-state index is -0.377. The van der Waals surface area contributed by atoms with Crippen molar-refractivity contribution in [2.75, 3.05) is 45.3 Å². The normalized spacial score (nSPS) is 14.7. The third-order valence-electron chi connectivity index (χ3n) is 5.09. The number of rotatable bonds is 4. The molecule has 3 aromatic rings. The van der Waals surface area contributed by atoms with E-state index in [1.165, 1.54) is 0 Å². The molecule has 0 atom stereocenters. The second-order valence-corrected chi connectivity index (χ2v) is 6.86. The quantitative estimate of drug-likeness (QED) is 0.701. The van der Waals surface area contributed by atoms with E-state index in [0.717, 1.165) is 43.7 Å². The predicted molar refractivity (Wildman–Crippen MR) is 111 cm³/mol. The average molecular weight is 380 g/mol. The van der Waals surface area contributed by atoms with Crippen molar-refractivity contribution in [3.63, 3.8) is 0 Å². The smallest absolute Gasteiger partial charge is 0.344 e. The number of nitrogens with zero attached hydrogens (tertiary/aromatic N) is 1. The van der Waals surface area contributed by atoms with Crippen molar-refractivity contribution in [2.24, 2.45) is 0 Å². The van der Waals surface area contributed by atoms with Gasteiger partial charge in [-0.05, 0) is 48.9 Å². The first-order valence-corrected chi connectivity index (χ1v) is 9.45. The number of methoxy groups -OCH3 is 2. The van der Waals surface area contributed by atoms with E-state index in [2.05, 4.69) is 16.3 Å². The molecule has 1 fully saturated rings. The van der Waals surface area contributed by atoms with Crippen molar-refractivity contribution < 1.29 is 13.9 Å². The molecule has 2 heterocycles. The first kappa shape index (κ1) is 18.4. The van der Waals surface area contributed by atoms with Crippen LogP contribution < -0.4 is 25.3 Å². The molecule has 28 heavy (non-hydrogen) atoms. The Morgan fingerprint density at radius 1 is 0.964 bits per heavy atom. The summed E-state index contributed by atoms with van der Waals surface area (Å²) in [6.45, 7) is 3.92. The summed E-state index contributed by atoms with van der Waals surface area (Å²) in [6.07, 6.45) is 1.10. The summed E-state index contributed by atoms with van der Waals surface area (Å²) in [5.74, 6) is 1.25. The van der Waals surface area contributed by atoms with Gasteiger partial charge in [0, 0.05) is 42.8 Å². The molecule has 0 amide bonds. The van der Waals surface area contributed by atoms with Gasteiger partial charge in [0.1, 0.15) is 17.1 Å². The highest BCUT2D eigenvalue weighted by Crippen LogP contribution is 2.30. The zero-order chi connectivity index (χ0) is 19.5. The molecule has 1 aromatic heterocycles. The maximum absolute atomic E-state index is 12.7. The van der Waals surface area contributed by atoms with E-state index in [1.807, 2.05) is 18.2 Å². The topological polar surface area (TPSA) is 63.9 Å². The van der Waals surface area contributed by atoms with E-state index >= 15 is 0 Å². The van der Waals surface area contributed by atoms with Crippen LogP contribution in [0.4, 0.5) is 5.69 Å². The lowest BCUT2D eigenvalue weighted by Crippen LogP contribution is -2.27. The van der Waals surface area contributed by atoms with E-state index < -0.39 is 0 Å². The lowest BCUT2D eigenvalue weighted by Gasteiger charge is -2.22. The van der Waals surface area contributed by atoms with Gasteiger partial charge in [-0.1, -0.05) is 0 Å². The summed E-state index contributed by atoms with van der Waals surface area (Å²) in [5.41, 5.74) is 2.48. The fraction of sp³-hybridized carbons (Fsp3) is 0.318. The predicted octanol–water partition coefficient (Wildman–Crippen LogP) is 3.28. The number of hydrogen-bond donors (Lipinski definition) is 1. The van der Waals surface area contributed by atoms with Gasteiger partial charge in [-0.3, -0.25) is 0 Å². The number of anilines is 1. The van der Waals surface area contributed by atoms with Crippen LogP contribution in [-0.4, -0.2) is 40.4 Å². The van der Waals surface area contributed by atoms with Crippen molar-refractivity contribution in [1.82, 2.24) is 5.32 Å². The number of fused-ring (bicyclic) bond motifs is 1. The Morgan fingerprint density at radius 2 is 1.75 bits per heavy atom. The van der Waals surface area contributed by atoms with Gasteiger partial charge in [-0.15, -0.1) is 0 Å². The number of ether oxygens (including phenoxy) is 2. The van der Waals surface area contributed by atoms with Gasteiger partial charge in [-0.2, -0.15) is 0 Å². The molecular formula is C22H24N2O4. The maximum atomic E-state index is 12.7. The Labute approximate surface area is 163 Å².